The number of hydrogen-bond acceptors (Lipinski definition) is 7. The first kappa shape index (κ1) is 24.3. The molecule has 0 aliphatic heterocycles. The summed E-state index contributed by atoms with van der Waals surface area (Å²) in [6.07, 6.45) is 2.87. The molecule has 0 fully saturated rings. The van der Waals surface area contributed by atoms with Gasteiger partial charge in [0.2, 0.25) is 0 Å². The molecule has 3 N–H and O–H groups in total. The van der Waals surface area contributed by atoms with Crippen LogP contribution in [0.4, 0.5) is 17.2 Å². The quantitative estimate of drug-likeness (QED) is 0.398. The number of aryl methyl sites for hydroxylation is 1. The van der Waals surface area contributed by atoms with Gasteiger partial charge in [0.25, 0.3) is 0 Å². The highest BCUT2D eigenvalue weighted by Gasteiger charge is 2.19. The molecule has 2 aromatic heterocycles. The molecule has 0 atom stereocenters. The van der Waals surface area contributed by atoms with E-state index in [2.05, 4.69) is 35.4 Å². The van der Waals surface area contributed by atoms with Gasteiger partial charge in [0.15, 0.2) is 12.0 Å². The number of rotatable bonds is 8. The minimum atomic E-state index is -0.237. The minimum absolute atomic E-state index is 0.170. The number of nitrogen functional groups attached to an aromatic ring is 1. The molecule has 0 saturated heterocycles. The predicted molar refractivity (Wildman–Crippen MR) is 129 cm³/mol. The Morgan fingerprint density at radius 2 is 1.87 bits per heavy atom. The highest BCUT2D eigenvalue weighted by molar-refractivity contribution is 7.65. The fraction of sp³-hybridized carbons (Fsp3) is 0.364. The molecular formula is C22H31N6O2P. The lowest BCUT2D eigenvalue weighted by Crippen LogP contribution is -2.14. The van der Waals surface area contributed by atoms with Gasteiger partial charge < -0.3 is 15.8 Å². The second-order valence-electron chi connectivity index (χ2n) is 6.38. The number of methoxy groups -OCH3 is 1. The normalized spacial score (nSPS) is 10.4. The SMILES string of the molecule is CC.CCP(CC)c1cc(-c2cccc(Nc3cc(N)nnc3C=O)c2OC)nn1C. The van der Waals surface area contributed by atoms with E-state index in [1.807, 2.05) is 43.8 Å². The molecule has 166 valence electrons. The molecule has 31 heavy (non-hydrogen) atoms. The smallest absolute Gasteiger partial charge is 0.172 e. The van der Waals surface area contributed by atoms with Crippen LogP contribution >= 0.6 is 7.92 Å². The molecule has 1 aromatic carbocycles. The number of anilines is 3. The topological polar surface area (TPSA) is 108 Å². The lowest BCUT2D eigenvalue weighted by Gasteiger charge is -2.15. The number of nitrogens with two attached hydrogens (primary N) is 1. The Labute approximate surface area is 185 Å². The summed E-state index contributed by atoms with van der Waals surface area (Å²) in [5.41, 5.74) is 10.0. The summed E-state index contributed by atoms with van der Waals surface area (Å²) >= 11 is 0. The van der Waals surface area contributed by atoms with Crippen LogP contribution in [0.1, 0.15) is 38.2 Å². The molecule has 9 heteroatoms. The summed E-state index contributed by atoms with van der Waals surface area (Å²) in [6.45, 7) is 8.43. The molecule has 3 rings (SSSR count). The van der Waals surface area contributed by atoms with Crippen LogP contribution in [0, 0.1) is 0 Å². The van der Waals surface area contributed by atoms with Gasteiger partial charge in [0.1, 0.15) is 11.5 Å². The summed E-state index contributed by atoms with van der Waals surface area (Å²) in [5, 5.41) is 15.5. The third-order valence-electron chi connectivity index (χ3n) is 4.66. The summed E-state index contributed by atoms with van der Waals surface area (Å²) < 4.78 is 7.67. The van der Waals surface area contributed by atoms with E-state index in [0.29, 0.717) is 23.4 Å². The van der Waals surface area contributed by atoms with Crippen molar-refractivity contribution in [2.75, 3.05) is 30.5 Å². The standard InChI is InChI=1S/C20H25N6O2P.C2H6/c1-5-29(6-2)19-11-15(25-26(19)3)13-8-7-9-14(20(13)28-4)22-16-10-18(21)24-23-17(16)12-27;1-2/h7-12H,5-6H2,1-4H3,(H3,21,22,24);1-2H3. The van der Waals surface area contributed by atoms with Gasteiger partial charge in [-0.05, 0) is 30.5 Å². The molecule has 0 aliphatic rings. The molecule has 0 saturated carbocycles. The molecule has 3 aromatic rings. The highest BCUT2D eigenvalue weighted by Crippen LogP contribution is 2.39. The number of nitrogens with zero attached hydrogens (tertiary/aromatic N) is 4. The molecule has 0 radical (unpaired) electrons. The number of aromatic nitrogens is 4. The van der Waals surface area contributed by atoms with Crippen molar-refractivity contribution < 1.29 is 9.53 Å². The van der Waals surface area contributed by atoms with E-state index in [-0.39, 0.29) is 19.4 Å². The maximum absolute atomic E-state index is 11.3. The van der Waals surface area contributed by atoms with Crippen LogP contribution in [0.2, 0.25) is 0 Å². The van der Waals surface area contributed by atoms with E-state index in [0.717, 1.165) is 23.6 Å². The number of para-hydroxylation sites is 1. The van der Waals surface area contributed by atoms with Crippen molar-refractivity contribution in [3.63, 3.8) is 0 Å². The fourth-order valence-electron chi connectivity index (χ4n) is 3.24. The van der Waals surface area contributed by atoms with Crippen LogP contribution in [0.5, 0.6) is 5.75 Å². The fourth-order valence-corrected chi connectivity index (χ4v) is 5.09. The maximum atomic E-state index is 11.3. The molecule has 0 bridgehead atoms. The Kier molecular flexibility index (Phi) is 8.94. The van der Waals surface area contributed by atoms with Crippen LogP contribution in [0.25, 0.3) is 11.3 Å². The Morgan fingerprint density at radius 1 is 1.16 bits per heavy atom. The van der Waals surface area contributed by atoms with Crippen molar-refractivity contribution in [1.82, 2.24) is 20.0 Å². The van der Waals surface area contributed by atoms with Gasteiger partial charge in [-0.15, -0.1) is 10.2 Å². The zero-order valence-corrected chi connectivity index (χ0v) is 19.9. The van der Waals surface area contributed by atoms with Crippen LogP contribution in [0.15, 0.2) is 30.3 Å². The van der Waals surface area contributed by atoms with Gasteiger partial charge in [-0.2, -0.15) is 5.10 Å². The summed E-state index contributed by atoms with van der Waals surface area (Å²) in [4.78, 5) is 11.3. The zero-order chi connectivity index (χ0) is 23.0. The summed E-state index contributed by atoms with van der Waals surface area (Å²) in [5.74, 6) is 0.844. The lowest BCUT2D eigenvalue weighted by atomic mass is 10.1. The van der Waals surface area contributed by atoms with E-state index in [1.165, 1.54) is 5.44 Å². The van der Waals surface area contributed by atoms with Crippen molar-refractivity contribution in [2.45, 2.75) is 27.7 Å². The van der Waals surface area contributed by atoms with Crippen LogP contribution in [-0.4, -0.2) is 45.7 Å². The monoisotopic (exact) mass is 442 g/mol. The Balaban J connectivity index is 0.00000166. The maximum Gasteiger partial charge on any atom is 0.172 e. The van der Waals surface area contributed by atoms with Crippen molar-refractivity contribution >= 4 is 36.8 Å². The van der Waals surface area contributed by atoms with Crippen molar-refractivity contribution in [3.05, 3.63) is 36.0 Å². The number of aldehydes is 1. The highest BCUT2D eigenvalue weighted by atomic mass is 31.1. The van der Waals surface area contributed by atoms with E-state index < -0.39 is 0 Å². The van der Waals surface area contributed by atoms with Crippen LogP contribution < -0.4 is 21.2 Å². The Morgan fingerprint density at radius 3 is 2.48 bits per heavy atom. The third-order valence-corrected chi connectivity index (χ3v) is 7.25. The molecule has 8 nitrogen and oxygen atoms in total. The molecule has 0 aliphatic carbocycles. The van der Waals surface area contributed by atoms with Gasteiger partial charge in [0.05, 0.1) is 29.6 Å². The van der Waals surface area contributed by atoms with Gasteiger partial charge >= 0.3 is 0 Å². The van der Waals surface area contributed by atoms with Crippen LogP contribution in [0.3, 0.4) is 0 Å². The first-order valence-corrected chi connectivity index (χ1v) is 12.0. The molecular weight excluding hydrogens is 411 g/mol. The molecule has 0 amide bonds. The van der Waals surface area contributed by atoms with Gasteiger partial charge in [-0.3, -0.25) is 9.48 Å². The second kappa shape index (κ2) is 11.4. The number of hydrogen-bond donors (Lipinski definition) is 2. The van der Waals surface area contributed by atoms with E-state index in [9.17, 15) is 4.79 Å². The van der Waals surface area contributed by atoms with E-state index in [1.54, 1.807) is 13.2 Å². The average molecular weight is 443 g/mol. The van der Waals surface area contributed by atoms with Crippen LogP contribution in [-0.2, 0) is 7.05 Å². The number of nitrogens with one attached hydrogen (secondary N) is 1. The van der Waals surface area contributed by atoms with Crippen molar-refractivity contribution in [1.29, 1.82) is 0 Å². The van der Waals surface area contributed by atoms with Crippen molar-refractivity contribution in [2.24, 2.45) is 7.05 Å². The second-order valence-corrected chi connectivity index (χ2v) is 9.18. The van der Waals surface area contributed by atoms with Gasteiger partial charge in [0, 0.05) is 18.7 Å². The van der Waals surface area contributed by atoms with E-state index >= 15 is 0 Å². The largest absolute Gasteiger partial charge is 0.494 e. The first-order valence-electron chi connectivity index (χ1n) is 10.3. The average Bonchev–Trinajstić information content (AvgIpc) is 3.17. The number of carbonyl (C=O) groups excluding carboxylic acids is 1. The molecule has 0 unspecified atom stereocenters. The summed E-state index contributed by atoms with van der Waals surface area (Å²) in [7, 11) is 3.35. The Bertz CT molecular complexity index is 1020. The number of benzene rings is 1. The summed E-state index contributed by atoms with van der Waals surface area (Å²) in [6, 6.07) is 9.45. The molecule has 2 heterocycles. The Hall–Kier alpha value is -2.99. The van der Waals surface area contributed by atoms with Gasteiger partial charge in [-0.1, -0.05) is 41.7 Å². The molecule has 0 spiro atoms. The number of carbonyl (C=O) groups is 1. The minimum Gasteiger partial charge on any atom is -0.494 e. The predicted octanol–water partition coefficient (Wildman–Crippen LogP) is 4.20. The third kappa shape index (κ3) is 5.39. The van der Waals surface area contributed by atoms with Gasteiger partial charge in [-0.25, -0.2) is 0 Å². The zero-order valence-electron chi connectivity index (χ0n) is 19.0. The number of ether oxygens (including phenoxy) is 1. The first-order chi connectivity index (χ1) is 15.0. The van der Waals surface area contributed by atoms with E-state index in [4.69, 9.17) is 15.6 Å². The lowest BCUT2D eigenvalue weighted by molar-refractivity contribution is 0.111. The van der Waals surface area contributed by atoms with Crippen molar-refractivity contribution in [3.8, 4) is 17.0 Å².